The SMILES string of the molecule is N#Cc1cccc(-c2nc(-c3ccccc3)c(-c3ccccc3)nc2-c2cccc(-c3nc(-c4ccccc4)nc(-c4ccc5c(c4)oc4ccccc45)n3)c2)c1. The van der Waals surface area contributed by atoms with Crippen molar-refractivity contribution in [3.05, 3.63) is 188 Å². The minimum atomic E-state index is 0.510. The van der Waals surface area contributed by atoms with Crippen LogP contribution >= 0.6 is 0 Å². The van der Waals surface area contributed by atoms with Gasteiger partial charge in [0, 0.05) is 49.7 Å². The lowest BCUT2D eigenvalue weighted by molar-refractivity contribution is 0.669. The summed E-state index contributed by atoms with van der Waals surface area (Å²) in [6.07, 6.45) is 0. The Labute approximate surface area is 328 Å². The van der Waals surface area contributed by atoms with E-state index in [1.165, 1.54) is 0 Å². The van der Waals surface area contributed by atoms with E-state index in [0.717, 1.165) is 72.3 Å². The maximum absolute atomic E-state index is 9.87. The first kappa shape index (κ1) is 33.5. The molecule has 3 heterocycles. The van der Waals surface area contributed by atoms with Gasteiger partial charge < -0.3 is 4.42 Å². The molecule has 0 fully saturated rings. The zero-order chi connectivity index (χ0) is 38.1. The van der Waals surface area contributed by atoms with Gasteiger partial charge in [0.05, 0.1) is 34.4 Å². The molecule has 0 aliphatic carbocycles. The van der Waals surface area contributed by atoms with Gasteiger partial charge in [0.2, 0.25) is 0 Å². The Morgan fingerprint density at radius 2 is 0.789 bits per heavy atom. The molecule has 7 aromatic carbocycles. The summed E-state index contributed by atoms with van der Waals surface area (Å²) in [6.45, 7) is 0. The monoisotopic (exact) mass is 730 g/mol. The Kier molecular flexibility index (Phi) is 8.40. The Bertz CT molecular complexity index is 3140. The highest BCUT2D eigenvalue weighted by molar-refractivity contribution is 6.05. The van der Waals surface area contributed by atoms with E-state index in [1.54, 1.807) is 6.07 Å². The minimum absolute atomic E-state index is 0.510. The van der Waals surface area contributed by atoms with Gasteiger partial charge in [-0.3, -0.25) is 0 Å². The molecule has 7 nitrogen and oxygen atoms in total. The van der Waals surface area contributed by atoms with E-state index in [-0.39, 0.29) is 0 Å². The van der Waals surface area contributed by atoms with E-state index < -0.39 is 0 Å². The Balaban J connectivity index is 1.17. The number of nitrogens with zero attached hydrogens (tertiary/aromatic N) is 6. The topological polar surface area (TPSA) is 101 Å². The molecule has 57 heavy (non-hydrogen) atoms. The molecule has 0 aliphatic heterocycles. The molecule has 10 rings (SSSR count). The van der Waals surface area contributed by atoms with Crippen molar-refractivity contribution in [3.63, 3.8) is 0 Å². The van der Waals surface area contributed by atoms with Gasteiger partial charge in [0.25, 0.3) is 0 Å². The van der Waals surface area contributed by atoms with E-state index >= 15 is 0 Å². The van der Waals surface area contributed by atoms with Crippen LogP contribution in [-0.4, -0.2) is 24.9 Å². The predicted octanol–water partition coefficient (Wildman–Crippen LogP) is 12.1. The van der Waals surface area contributed by atoms with Crippen molar-refractivity contribution in [2.75, 3.05) is 0 Å². The van der Waals surface area contributed by atoms with E-state index in [1.807, 2.05) is 158 Å². The lowest BCUT2D eigenvalue weighted by Crippen LogP contribution is -2.02. The number of para-hydroxylation sites is 1. The molecule has 0 N–H and O–H groups in total. The van der Waals surface area contributed by atoms with Gasteiger partial charge in [-0.25, -0.2) is 24.9 Å². The predicted molar refractivity (Wildman–Crippen MR) is 225 cm³/mol. The van der Waals surface area contributed by atoms with Gasteiger partial charge in [-0.05, 0) is 36.4 Å². The first-order valence-electron chi connectivity index (χ1n) is 18.6. The molecule has 10 aromatic rings. The molecule has 0 radical (unpaired) electrons. The molecule has 3 aromatic heterocycles. The number of hydrogen-bond donors (Lipinski definition) is 0. The third-order valence-corrected chi connectivity index (χ3v) is 9.95. The Hall–Kier alpha value is -8.08. The number of benzene rings is 7. The van der Waals surface area contributed by atoms with Crippen LogP contribution in [0.5, 0.6) is 0 Å². The fourth-order valence-corrected chi connectivity index (χ4v) is 7.19. The minimum Gasteiger partial charge on any atom is -0.456 e. The van der Waals surface area contributed by atoms with Crippen LogP contribution in [-0.2, 0) is 0 Å². The number of hydrogen-bond acceptors (Lipinski definition) is 7. The summed E-state index contributed by atoms with van der Waals surface area (Å²) < 4.78 is 6.25. The van der Waals surface area contributed by atoms with Crippen LogP contribution in [0.4, 0.5) is 0 Å². The van der Waals surface area contributed by atoms with Gasteiger partial charge in [-0.15, -0.1) is 0 Å². The zero-order valence-corrected chi connectivity index (χ0v) is 30.4. The molecule has 0 atom stereocenters. The summed E-state index contributed by atoms with van der Waals surface area (Å²) >= 11 is 0. The Morgan fingerprint density at radius 3 is 1.42 bits per heavy atom. The summed E-state index contributed by atoms with van der Waals surface area (Å²) in [5.74, 6) is 1.59. The molecule has 0 saturated heterocycles. The molecule has 0 saturated carbocycles. The highest BCUT2D eigenvalue weighted by Gasteiger charge is 2.21. The fraction of sp³-hybridized carbons (Fsp3) is 0. The number of nitriles is 1. The first-order valence-corrected chi connectivity index (χ1v) is 18.6. The second-order valence-electron chi connectivity index (χ2n) is 13.6. The second kappa shape index (κ2) is 14.3. The molecule has 7 heteroatoms. The van der Waals surface area contributed by atoms with E-state index in [9.17, 15) is 5.26 Å². The van der Waals surface area contributed by atoms with Crippen LogP contribution in [0.15, 0.2) is 186 Å². The summed E-state index contributed by atoms with van der Waals surface area (Å²) in [5.41, 5.74) is 10.9. The van der Waals surface area contributed by atoms with Crippen molar-refractivity contribution in [2.24, 2.45) is 0 Å². The normalized spacial score (nSPS) is 11.1. The van der Waals surface area contributed by atoms with Crippen LogP contribution in [0.1, 0.15) is 5.56 Å². The van der Waals surface area contributed by atoms with Crippen LogP contribution in [0.2, 0.25) is 0 Å². The van der Waals surface area contributed by atoms with Gasteiger partial charge in [0.1, 0.15) is 11.2 Å². The summed E-state index contributed by atoms with van der Waals surface area (Å²) in [5, 5.41) is 12.0. The number of furan rings is 1. The van der Waals surface area contributed by atoms with E-state index in [2.05, 4.69) is 24.3 Å². The van der Waals surface area contributed by atoms with Crippen molar-refractivity contribution in [1.82, 2.24) is 24.9 Å². The molecule has 0 bridgehead atoms. The highest BCUT2D eigenvalue weighted by Crippen LogP contribution is 2.39. The summed E-state index contributed by atoms with van der Waals surface area (Å²) in [4.78, 5) is 25.9. The van der Waals surface area contributed by atoms with Gasteiger partial charge in [0.15, 0.2) is 17.5 Å². The molecule has 0 spiro atoms. The molecular weight excluding hydrogens is 701 g/mol. The average molecular weight is 731 g/mol. The largest absolute Gasteiger partial charge is 0.456 e. The second-order valence-corrected chi connectivity index (χ2v) is 13.6. The molecule has 0 unspecified atom stereocenters. The smallest absolute Gasteiger partial charge is 0.164 e. The third kappa shape index (κ3) is 6.37. The fourth-order valence-electron chi connectivity index (χ4n) is 7.19. The Morgan fingerprint density at radius 1 is 0.333 bits per heavy atom. The lowest BCUT2D eigenvalue weighted by atomic mass is 9.98. The van der Waals surface area contributed by atoms with Crippen molar-refractivity contribution in [3.8, 4) is 85.3 Å². The average Bonchev–Trinajstić information content (AvgIpc) is 3.67. The maximum atomic E-state index is 9.87. The third-order valence-electron chi connectivity index (χ3n) is 9.95. The van der Waals surface area contributed by atoms with Gasteiger partial charge in [-0.2, -0.15) is 5.26 Å². The zero-order valence-electron chi connectivity index (χ0n) is 30.4. The summed E-state index contributed by atoms with van der Waals surface area (Å²) in [6, 6.07) is 62.1. The maximum Gasteiger partial charge on any atom is 0.164 e. The standard InChI is InChI=1S/C50H30N6O/c51-31-32-14-12-21-36(28-32)46-47(53-45(34-17-6-2-7-18-34)44(52-46)33-15-4-1-5-16-33)37-22-13-23-38(29-37)49-54-48(35-19-8-3-9-20-35)55-50(56-49)39-26-27-41-40-24-10-11-25-42(40)57-43(41)30-39/h1-30H. The molecule has 0 amide bonds. The summed E-state index contributed by atoms with van der Waals surface area (Å²) in [7, 11) is 0. The van der Waals surface area contributed by atoms with Crippen LogP contribution in [0.25, 0.3) is 101 Å². The lowest BCUT2D eigenvalue weighted by Gasteiger charge is -2.16. The van der Waals surface area contributed by atoms with Crippen LogP contribution in [0.3, 0.4) is 0 Å². The van der Waals surface area contributed by atoms with Gasteiger partial charge >= 0.3 is 0 Å². The highest BCUT2D eigenvalue weighted by atomic mass is 16.3. The van der Waals surface area contributed by atoms with E-state index in [4.69, 9.17) is 29.3 Å². The van der Waals surface area contributed by atoms with Crippen molar-refractivity contribution >= 4 is 21.9 Å². The van der Waals surface area contributed by atoms with Gasteiger partial charge in [-0.1, -0.05) is 146 Å². The van der Waals surface area contributed by atoms with Crippen molar-refractivity contribution in [2.45, 2.75) is 0 Å². The van der Waals surface area contributed by atoms with Crippen molar-refractivity contribution < 1.29 is 4.42 Å². The molecule has 266 valence electrons. The van der Waals surface area contributed by atoms with E-state index in [0.29, 0.717) is 34.4 Å². The number of aromatic nitrogens is 5. The number of fused-ring (bicyclic) bond motifs is 3. The van der Waals surface area contributed by atoms with Crippen LogP contribution < -0.4 is 0 Å². The number of rotatable bonds is 7. The molecule has 0 aliphatic rings. The quantitative estimate of drug-likeness (QED) is 0.161. The van der Waals surface area contributed by atoms with Crippen LogP contribution in [0, 0.1) is 11.3 Å². The molecular formula is C50H30N6O. The first-order chi connectivity index (χ1) is 28.2. The van der Waals surface area contributed by atoms with Crippen molar-refractivity contribution in [1.29, 1.82) is 5.26 Å².